The third-order valence-corrected chi connectivity index (χ3v) is 4.33. The van der Waals surface area contributed by atoms with Crippen LogP contribution in [-0.4, -0.2) is 43.1 Å². The molecule has 29 heavy (non-hydrogen) atoms. The number of rotatable bonds is 9. The van der Waals surface area contributed by atoms with E-state index in [9.17, 15) is 0 Å². The molecule has 0 aliphatic carbocycles. The Labute approximate surface area is 170 Å². The van der Waals surface area contributed by atoms with Gasteiger partial charge in [0.2, 0.25) is 5.95 Å². The van der Waals surface area contributed by atoms with Crippen LogP contribution >= 0.6 is 0 Å². The molecule has 0 saturated carbocycles. The molecule has 0 bridgehead atoms. The summed E-state index contributed by atoms with van der Waals surface area (Å²) in [5, 5.41) is 14.5. The maximum Gasteiger partial charge on any atom is 0.249 e. The summed E-state index contributed by atoms with van der Waals surface area (Å²) in [6.07, 6.45) is 2.38. The first-order valence-corrected chi connectivity index (χ1v) is 9.19. The minimum atomic E-state index is 0.394. The third-order valence-electron chi connectivity index (χ3n) is 4.33. The number of aryl methyl sites for hydroxylation is 1. The zero-order valence-corrected chi connectivity index (χ0v) is 17.0. The second kappa shape index (κ2) is 9.59. The molecule has 3 aromatic rings. The van der Waals surface area contributed by atoms with E-state index in [-0.39, 0.29) is 0 Å². The average molecular weight is 395 g/mol. The second-order valence-corrected chi connectivity index (χ2v) is 6.36. The molecule has 3 rings (SSSR count). The van der Waals surface area contributed by atoms with E-state index in [1.807, 2.05) is 43.3 Å². The summed E-state index contributed by atoms with van der Waals surface area (Å²) in [5.74, 6) is 3.17. The lowest BCUT2D eigenvalue weighted by Crippen LogP contribution is -2.09. The monoisotopic (exact) mass is 395 g/mol. The lowest BCUT2D eigenvalue weighted by atomic mass is 10.1. The molecule has 0 saturated heterocycles. The van der Waals surface area contributed by atoms with Crippen molar-refractivity contribution < 1.29 is 14.2 Å². The molecule has 8 heteroatoms. The molecule has 152 valence electrons. The molecule has 0 radical (unpaired) electrons. The van der Waals surface area contributed by atoms with Crippen molar-refractivity contribution in [3.8, 4) is 17.2 Å². The van der Waals surface area contributed by atoms with Gasteiger partial charge in [-0.25, -0.2) is 0 Å². The van der Waals surface area contributed by atoms with E-state index in [4.69, 9.17) is 14.2 Å². The van der Waals surface area contributed by atoms with Crippen molar-refractivity contribution in [2.45, 2.75) is 13.3 Å². The van der Waals surface area contributed by atoms with Crippen molar-refractivity contribution in [3.63, 3.8) is 0 Å². The van der Waals surface area contributed by atoms with Gasteiger partial charge in [-0.1, -0.05) is 12.1 Å². The summed E-state index contributed by atoms with van der Waals surface area (Å²) in [4.78, 5) is 4.47. The summed E-state index contributed by atoms with van der Waals surface area (Å²) in [6.45, 7) is 2.69. The Bertz CT molecular complexity index is 965. The molecule has 8 nitrogen and oxygen atoms in total. The van der Waals surface area contributed by atoms with E-state index in [1.165, 1.54) is 0 Å². The summed E-state index contributed by atoms with van der Waals surface area (Å²) < 4.78 is 16.0. The van der Waals surface area contributed by atoms with Gasteiger partial charge >= 0.3 is 0 Å². The molecule has 0 unspecified atom stereocenters. The predicted octanol–water partition coefficient (Wildman–Crippen LogP) is 3.60. The quantitative estimate of drug-likeness (QED) is 0.568. The number of nitrogens with zero attached hydrogens (tertiary/aromatic N) is 3. The van der Waals surface area contributed by atoms with Crippen LogP contribution in [0.15, 0.2) is 42.6 Å². The Morgan fingerprint density at radius 1 is 0.897 bits per heavy atom. The summed E-state index contributed by atoms with van der Waals surface area (Å²) in [7, 11) is 4.88. The van der Waals surface area contributed by atoms with Crippen LogP contribution in [0, 0.1) is 6.92 Å². The van der Waals surface area contributed by atoms with E-state index in [0.29, 0.717) is 35.6 Å². The highest BCUT2D eigenvalue weighted by Crippen LogP contribution is 2.28. The molecule has 2 N–H and O–H groups in total. The van der Waals surface area contributed by atoms with Gasteiger partial charge in [0.1, 0.15) is 5.75 Å². The maximum absolute atomic E-state index is 5.38. The second-order valence-electron chi connectivity index (χ2n) is 6.36. The fourth-order valence-electron chi connectivity index (χ4n) is 2.85. The summed E-state index contributed by atoms with van der Waals surface area (Å²) in [5.41, 5.74) is 3.02. The Balaban J connectivity index is 1.63. The lowest BCUT2D eigenvalue weighted by molar-refractivity contribution is 0.354. The van der Waals surface area contributed by atoms with E-state index in [1.54, 1.807) is 27.5 Å². The average Bonchev–Trinajstić information content (AvgIpc) is 2.74. The zero-order chi connectivity index (χ0) is 20.6. The van der Waals surface area contributed by atoms with Gasteiger partial charge in [0.15, 0.2) is 17.3 Å². The molecular formula is C21H25N5O3. The first-order chi connectivity index (χ1) is 14.1. The molecule has 2 aromatic carbocycles. The Morgan fingerprint density at radius 2 is 1.66 bits per heavy atom. The zero-order valence-electron chi connectivity index (χ0n) is 17.0. The first kappa shape index (κ1) is 20.2. The highest BCUT2D eigenvalue weighted by Gasteiger charge is 2.08. The Morgan fingerprint density at radius 3 is 2.41 bits per heavy atom. The molecular weight excluding hydrogens is 370 g/mol. The Kier molecular flexibility index (Phi) is 6.67. The van der Waals surface area contributed by atoms with Crippen LogP contribution in [0.2, 0.25) is 0 Å². The van der Waals surface area contributed by atoms with E-state index in [0.717, 1.165) is 23.2 Å². The number of methoxy groups -OCH3 is 3. The van der Waals surface area contributed by atoms with E-state index < -0.39 is 0 Å². The van der Waals surface area contributed by atoms with E-state index in [2.05, 4.69) is 25.8 Å². The molecule has 0 aliphatic rings. The van der Waals surface area contributed by atoms with Gasteiger partial charge in [0.05, 0.1) is 33.2 Å². The largest absolute Gasteiger partial charge is 0.495 e. The molecule has 1 heterocycles. The van der Waals surface area contributed by atoms with Crippen molar-refractivity contribution in [1.29, 1.82) is 0 Å². The van der Waals surface area contributed by atoms with Crippen molar-refractivity contribution in [2.75, 3.05) is 38.5 Å². The normalized spacial score (nSPS) is 10.3. The van der Waals surface area contributed by atoms with Crippen LogP contribution in [0.5, 0.6) is 17.2 Å². The van der Waals surface area contributed by atoms with Crippen molar-refractivity contribution in [1.82, 2.24) is 15.2 Å². The van der Waals surface area contributed by atoms with Crippen molar-refractivity contribution in [3.05, 3.63) is 53.7 Å². The number of anilines is 3. The van der Waals surface area contributed by atoms with Crippen LogP contribution in [0.4, 0.5) is 17.5 Å². The fraction of sp³-hybridized carbons (Fsp3) is 0.286. The molecule has 0 spiro atoms. The van der Waals surface area contributed by atoms with Crippen LogP contribution in [0.25, 0.3) is 0 Å². The maximum atomic E-state index is 5.38. The lowest BCUT2D eigenvalue weighted by Gasteiger charge is -2.12. The minimum absolute atomic E-state index is 0.394. The van der Waals surface area contributed by atoms with Gasteiger partial charge in [-0.3, -0.25) is 0 Å². The fourth-order valence-corrected chi connectivity index (χ4v) is 2.85. The number of hydrogen-bond donors (Lipinski definition) is 2. The van der Waals surface area contributed by atoms with Gasteiger partial charge in [-0.05, 0) is 48.7 Å². The first-order valence-electron chi connectivity index (χ1n) is 9.19. The van der Waals surface area contributed by atoms with Crippen LogP contribution in [0.3, 0.4) is 0 Å². The highest BCUT2D eigenvalue weighted by atomic mass is 16.5. The summed E-state index contributed by atoms with van der Waals surface area (Å²) >= 11 is 0. The standard InChI is InChI=1S/C21H25N5O3/c1-14-5-7-17(27-2)16(11-14)24-21-25-20(13-23-26-21)22-10-9-15-6-8-18(28-3)19(12-15)29-4/h5-8,11-13H,9-10H2,1-4H3,(H2,22,24,25,26). The summed E-state index contributed by atoms with van der Waals surface area (Å²) in [6, 6.07) is 11.7. The van der Waals surface area contributed by atoms with Crippen molar-refractivity contribution >= 4 is 17.5 Å². The molecule has 0 aliphatic heterocycles. The van der Waals surface area contributed by atoms with Gasteiger partial charge in [0.25, 0.3) is 0 Å². The predicted molar refractivity (Wildman–Crippen MR) is 113 cm³/mol. The molecule has 1 aromatic heterocycles. The topological polar surface area (TPSA) is 90.4 Å². The Hall–Kier alpha value is -3.55. The van der Waals surface area contributed by atoms with Crippen LogP contribution in [0.1, 0.15) is 11.1 Å². The van der Waals surface area contributed by atoms with Gasteiger partial charge in [-0.2, -0.15) is 10.1 Å². The van der Waals surface area contributed by atoms with Gasteiger partial charge < -0.3 is 24.8 Å². The van der Waals surface area contributed by atoms with Gasteiger partial charge in [0, 0.05) is 6.54 Å². The van der Waals surface area contributed by atoms with Gasteiger partial charge in [-0.15, -0.1) is 5.10 Å². The number of hydrogen-bond acceptors (Lipinski definition) is 8. The number of ether oxygens (including phenoxy) is 3. The highest BCUT2D eigenvalue weighted by molar-refractivity contribution is 5.63. The smallest absolute Gasteiger partial charge is 0.249 e. The molecule has 0 amide bonds. The number of benzene rings is 2. The van der Waals surface area contributed by atoms with E-state index >= 15 is 0 Å². The molecule has 0 atom stereocenters. The molecule has 0 fully saturated rings. The third kappa shape index (κ3) is 5.25. The van der Waals surface area contributed by atoms with Crippen LogP contribution in [-0.2, 0) is 6.42 Å². The number of nitrogens with one attached hydrogen (secondary N) is 2. The van der Waals surface area contributed by atoms with Crippen molar-refractivity contribution in [2.24, 2.45) is 0 Å². The SMILES string of the molecule is COc1ccc(C)cc1Nc1nncc(NCCc2ccc(OC)c(OC)c2)n1. The number of aromatic nitrogens is 3. The minimum Gasteiger partial charge on any atom is -0.495 e. The van der Waals surface area contributed by atoms with Crippen LogP contribution < -0.4 is 24.8 Å².